The molecule has 0 spiro atoms. The molecule has 1 aliphatic rings. The lowest BCUT2D eigenvalue weighted by molar-refractivity contribution is -0.142. The van der Waals surface area contributed by atoms with E-state index in [0.717, 1.165) is 11.3 Å². The summed E-state index contributed by atoms with van der Waals surface area (Å²) in [6.45, 7) is 3.22. The van der Waals surface area contributed by atoms with Crippen LogP contribution >= 0.6 is 0 Å². The number of methoxy groups -OCH3 is 1. The molecule has 0 saturated heterocycles. The van der Waals surface area contributed by atoms with E-state index >= 15 is 0 Å². The Morgan fingerprint density at radius 3 is 2.50 bits per heavy atom. The first-order valence-corrected chi connectivity index (χ1v) is 11.5. The second kappa shape index (κ2) is 11.7. The molecule has 2 amide bonds. The lowest BCUT2D eigenvalue weighted by Gasteiger charge is -2.37. The maximum absolute atomic E-state index is 13.7. The molecule has 34 heavy (non-hydrogen) atoms. The van der Waals surface area contributed by atoms with Gasteiger partial charge in [-0.2, -0.15) is 4.98 Å². The molecule has 1 saturated carbocycles. The number of carbonyl (C=O) groups excluding carboxylic acids is 1. The number of para-hydroxylation sites is 1. The van der Waals surface area contributed by atoms with Crippen LogP contribution in [0.25, 0.3) is 0 Å². The van der Waals surface area contributed by atoms with E-state index in [1.165, 1.54) is 7.11 Å². The van der Waals surface area contributed by atoms with Crippen molar-refractivity contribution in [2.75, 3.05) is 30.6 Å². The second-order valence-corrected chi connectivity index (χ2v) is 8.60. The van der Waals surface area contributed by atoms with E-state index in [-0.39, 0.29) is 36.4 Å². The number of urea groups is 1. The minimum absolute atomic E-state index is 0.0667. The average Bonchev–Trinajstić information content (AvgIpc) is 2.84. The summed E-state index contributed by atoms with van der Waals surface area (Å²) < 4.78 is 23.3. The Kier molecular flexibility index (Phi) is 8.67. The summed E-state index contributed by atoms with van der Waals surface area (Å²) in [5, 5.41) is 12.3. The predicted molar refractivity (Wildman–Crippen MR) is 128 cm³/mol. The summed E-state index contributed by atoms with van der Waals surface area (Å²) in [5.74, 6) is -0.671. The number of alkyl halides is 1. The monoisotopic (exact) mass is 473 g/mol. The number of nitrogens with one attached hydrogen (secondary N) is 1. The van der Waals surface area contributed by atoms with E-state index in [4.69, 9.17) is 9.47 Å². The number of benzene rings is 1. The van der Waals surface area contributed by atoms with Gasteiger partial charge in [-0.3, -0.25) is 9.69 Å². The lowest BCUT2D eigenvalue weighted by atomic mass is 9.85. The average molecular weight is 474 g/mol. The van der Waals surface area contributed by atoms with Gasteiger partial charge in [0.1, 0.15) is 19.0 Å². The van der Waals surface area contributed by atoms with E-state index in [1.54, 1.807) is 17.0 Å². The number of ether oxygens (including phenoxy) is 2. The van der Waals surface area contributed by atoms with Gasteiger partial charge in [0.05, 0.1) is 13.0 Å². The number of aromatic nitrogens is 1. The predicted octanol–water partition coefficient (Wildman–Crippen LogP) is 5.24. The van der Waals surface area contributed by atoms with Crippen molar-refractivity contribution >= 4 is 23.4 Å². The summed E-state index contributed by atoms with van der Waals surface area (Å²) in [6, 6.07) is 10.4. The Hall–Kier alpha value is -3.36. The number of rotatable bonds is 9. The fourth-order valence-corrected chi connectivity index (χ4v) is 4.30. The third kappa shape index (κ3) is 5.95. The van der Waals surface area contributed by atoms with Crippen molar-refractivity contribution in [2.24, 2.45) is 5.92 Å². The molecule has 0 bridgehead atoms. The van der Waals surface area contributed by atoms with Crippen LogP contribution in [0.1, 0.15) is 51.0 Å². The Balaban J connectivity index is 1.94. The third-order valence-corrected chi connectivity index (χ3v) is 6.05. The lowest BCUT2D eigenvalue weighted by Crippen LogP contribution is -2.46. The number of anilines is 2. The van der Waals surface area contributed by atoms with Crippen molar-refractivity contribution in [2.45, 2.75) is 51.5 Å². The highest BCUT2D eigenvalue weighted by atomic mass is 19.1. The highest BCUT2D eigenvalue weighted by Gasteiger charge is 2.34. The standard InChI is InChI=1S/C25H32FN3O5/c1-16(2)19-6-4-5-7-21(19)29(18-10-8-17(9-11-18)24(30)31)25(32)27-20-12-13-22(33-3)28-23(20)34-15-14-26/h4-7,12-13,16-18H,8-11,14-15H2,1-3H3,(H,27,32)(H,30,31)/t17-,18-. The van der Waals surface area contributed by atoms with Crippen molar-refractivity contribution in [3.63, 3.8) is 0 Å². The number of amides is 2. The minimum atomic E-state index is -0.795. The number of nitrogens with zero attached hydrogens (tertiary/aromatic N) is 2. The van der Waals surface area contributed by atoms with Gasteiger partial charge in [0.25, 0.3) is 0 Å². The number of aliphatic carboxylic acids is 1. The highest BCUT2D eigenvalue weighted by molar-refractivity contribution is 6.03. The van der Waals surface area contributed by atoms with Gasteiger partial charge in [0.15, 0.2) is 0 Å². The van der Waals surface area contributed by atoms with Crippen LogP contribution in [0.4, 0.5) is 20.6 Å². The van der Waals surface area contributed by atoms with Crippen molar-refractivity contribution in [1.29, 1.82) is 0 Å². The zero-order chi connectivity index (χ0) is 24.7. The number of hydrogen-bond acceptors (Lipinski definition) is 5. The fraction of sp³-hybridized carbons (Fsp3) is 0.480. The number of carboxylic acids is 1. The minimum Gasteiger partial charge on any atom is -0.481 e. The smallest absolute Gasteiger partial charge is 0.326 e. The first-order chi connectivity index (χ1) is 16.3. The van der Waals surface area contributed by atoms with Gasteiger partial charge in [0, 0.05) is 17.8 Å². The molecule has 3 rings (SSSR count). The molecule has 0 atom stereocenters. The zero-order valence-electron chi connectivity index (χ0n) is 19.8. The van der Waals surface area contributed by atoms with Crippen LogP contribution in [0, 0.1) is 5.92 Å². The molecule has 1 aliphatic carbocycles. The molecule has 8 nitrogen and oxygen atoms in total. The van der Waals surface area contributed by atoms with Gasteiger partial charge in [-0.1, -0.05) is 32.0 Å². The molecule has 2 aromatic rings. The molecule has 0 radical (unpaired) electrons. The highest BCUT2D eigenvalue weighted by Crippen LogP contribution is 2.36. The number of halogens is 1. The molecule has 2 N–H and O–H groups in total. The van der Waals surface area contributed by atoms with Crippen molar-refractivity contribution < 1.29 is 28.6 Å². The van der Waals surface area contributed by atoms with Crippen LogP contribution in [0.2, 0.25) is 0 Å². The molecule has 9 heteroatoms. The van der Waals surface area contributed by atoms with Crippen molar-refractivity contribution in [3.8, 4) is 11.8 Å². The Morgan fingerprint density at radius 1 is 1.18 bits per heavy atom. The van der Waals surface area contributed by atoms with Gasteiger partial charge in [-0.15, -0.1) is 0 Å². The summed E-state index contributed by atoms with van der Waals surface area (Å²) in [4.78, 5) is 31.0. The third-order valence-electron chi connectivity index (χ3n) is 6.05. The van der Waals surface area contributed by atoms with Crippen LogP contribution in [0.5, 0.6) is 11.8 Å². The van der Waals surface area contributed by atoms with E-state index in [0.29, 0.717) is 31.4 Å². The van der Waals surface area contributed by atoms with Crippen LogP contribution in [-0.4, -0.2) is 48.5 Å². The number of carboxylic acid groups (broad SMARTS) is 1. The molecular weight excluding hydrogens is 441 g/mol. The summed E-state index contributed by atoms with van der Waals surface area (Å²) in [5.41, 5.74) is 2.09. The van der Waals surface area contributed by atoms with Gasteiger partial charge in [-0.25, -0.2) is 9.18 Å². The van der Waals surface area contributed by atoms with Crippen LogP contribution in [0.15, 0.2) is 36.4 Å². The topological polar surface area (TPSA) is 101 Å². The fourth-order valence-electron chi connectivity index (χ4n) is 4.30. The summed E-state index contributed by atoms with van der Waals surface area (Å²) in [6.07, 6.45) is 2.15. The maximum Gasteiger partial charge on any atom is 0.326 e. The van der Waals surface area contributed by atoms with Crippen LogP contribution < -0.4 is 19.7 Å². The molecule has 0 unspecified atom stereocenters. The molecule has 1 aromatic heterocycles. The molecular formula is C25H32FN3O5. The zero-order valence-corrected chi connectivity index (χ0v) is 19.8. The van der Waals surface area contributed by atoms with Crippen LogP contribution in [0.3, 0.4) is 0 Å². The number of carbonyl (C=O) groups is 2. The van der Waals surface area contributed by atoms with E-state index in [1.807, 2.05) is 24.3 Å². The molecule has 0 aliphatic heterocycles. The van der Waals surface area contributed by atoms with Crippen LogP contribution in [-0.2, 0) is 4.79 Å². The van der Waals surface area contributed by atoms with E-state index < -0.39 is 18.6 Å². The molecule has 184 valence electrons. The first-order valence-electron chi connectivity index (χ1n) is 11.5. The first kappa shape index (κ1) is 25.3. The number of pyridine rings is 1. The second-order valence-electron chi connectivity index (χ2n) is 8.60. The maximum atomic E-state index is 13.7. The van der Waals surface area contributed by atoms with Crippen molar-refractivity contribution in [1.82, 2.24) is 4.98 Å². The van der Waals surface area contributed by atoms with Gasteiger partial charge in [-0.05, 0) is 49.3 Å². The molecule has 1 heterocycles. The Bertz CT molecular complexity index is 992. The Morgan fingerprint density at radius 2 is 1.88 bits per heavy atom. The quantitative estimate of drug-likeness (QED) is 0.516. The van der Waals surface area contributed by atoms with E-state index in [2.05, 4.69) is 24.1 Å². The summed E-state index contributed by atoms with van der Waals surface area (Å²) in [7, 11) is 1.46. The molecule has 1 aromatic carbocycles. The van der Waals surface area contributed by atoms with Gasteiger partial charge >= 0.3 is 12.0 Å². The number of hydrogen-bond donors (Lipinski definition) is 2. The SMILES string of the molecule is COc1ccc(NC(=O)N(c2ccccc2C(C)C)[C@H]2CC[C@H](C(=O)O)CC2)c(OCCF)n1. The van der Waals surface area contributed by atoms with E-state index in [9.17, 15) is 19.1 Å². The van der Waals surface area contributed by atoms with Crippen molar-refractivity contribution in [3.05, 3.63) is 42.0 Å². The summed E-state index contributed by atoms with van der Waals surface area (Å²) >= 11 is 0. The Labute approximate surface area is 199 Å². The normalized spacial score (nSPS) is 17.8. The van der Waals surface area contributed by atoms with Gasteiger partial charge < -0.3 is 19.9 Å². The molecule has 1 fully saturated rings. The largest absolute Gasteiger partial charge is 0.481 e. The van der Waals surface area contributed by atoms with Gasteiger partial charge in [0.2, 0.25) is 11.8 Å².